The van der Waals surface area contributed by atoms with Gasteiger partial charge in [-0.3, -0.25) is 9.10 Å². The molecule has 8 nitrogen and oxygen atoms in total. The van der Waals surface area contributed by atoms with E-state index in [-0.39, 0.29) is 16.5 Å². The van der Waals surface area contributed by atoms with E-state index in [1.807, 2.05) is 6.07 Å². The molecule has 1 amide bonds. The predicted octanol–water partition coefficient (Wildman–Crippen LogP) is 5.15. The number of benzene rings is 3. The van der Waals surface area contributed by atoms with Gasteiger partial charge in [-0.05, 0) is 42.5 Å². The first-order chi connectivity index (χ1) is 15.8. The molecule has 1 heterocycles. The second-order valence-corrected chi connectivity index (χ2v) is 9.92. The topological polar surface area (TPSA) is 104 Å². The molecule has 10 heteroatoms. The van der Waals surface area contributed by atoms with Crippen LogP contribution in [-0.4, -0.2) is 30.5 Å². The number of sulfonamides is 1. The van der Waals surface area contributed by atoms with Crippen LogP contribution >= 0.6 is 15.9 Å². The first-order valence-electron chi connectivity index (χ1n) is 9.83. The number of nitrogens with zero attached hydrogens (tertiary/aromatic N) is 4. The molecule has 0 saturated heterocycles. The van der Waals surface area contributed by atoms with Crippen molar-refractivity contribution < 1.29 is 18.3 Å². The van der Waals surface area contributed by atoms with Gasteiger partial charge in [-0.1, -0.05) is 52.3 Å². The Morgan fingerprint density at radius 3 is 2.33 bits per heavy atom. The number of hydrogen-bond donors (Lipinski definition) is 1. The van der Waals surface area contributed by atoms with Gasteiger partial charge in [0, 0.05) is 16.9 Å². The van der Waals surface area contributed by atoms with Crippen LogP contribution in [0.2, 0.25) is 0 Å². The first kappa shape index (κ1) is 22.7. The van der Waals surface area contributed by atoms with Crippen LogP contribution in [0.5, 0.6) is 5.88 Å². The number of hydrogen-bond acceptors (Lipinski definition) is 5. The van der Waals surface area contributed by atoms with E-state index >= 15 is 0 Å². The van der Waals surface area contributed by atoms with Crippen molar-refractivity contribution in [3.8, 4) is 5.88 Å². The minimum atomic E-state index is -4.04. The molecule has 4 aromatic rings. The highest BCUT2D eigenvalue weighted by atomic mass is 79.9. The van der Waals surface area contributed by atoms with Crippen molar-refractivity contribution in [3.63, 3.8) is 0 Å². The lowest BCUT2D eigenvalue weighted by Gasteiger charge is -2.23. The Morgan fingerprint density at radius 2 is 1.64 bits per heavy atom. The number of rotatable bonds is 6. The fourth-order valence-electron chi connectivity index (χ4n) is 3.36. The Morgan fingerprint density at radius 1 is 1.00 bits per heavy atom. The average Bonchev–Trinajstić information content (AvgIpc) is 3.07. The number of aromatic nitrogens is 1. The molecule has 33 heavy (non-hydrogen) atoms. The van der Waals surface area contributed by atoms with E-state index in [9.17, 15) is 18.3 Å². The third-order valence-corrected chi connectivity index (χ3v) is 7.35. The van der Waals surface area contributed by atoms with Gasteiger partial charge in [-0.25, -0.2) is 8.42 Å². The zero-order valence-corrected chi connectivity index (χ0v) is 19.9. The minimum absolute atomic E-state index is 0.0457. The number of azo groups is 1. The predicted molar refractivity (Wildman–Crippen MR) is 129 cm³/mol. The molecular formula is C23H19BrN4O4S. The van der Waals surface area contributed by atoms with Gasteiger partial charge in [0.15, 0.2) is 5.69 Å². The lowest BCUT2D eigenvalue weighted by Crippen LogP contribution is -2.35. The molecule has 0 aliphatic carbocycles. The zero-order chi connectivity index (χ0) is 23.6. The molecule has 1 aromatic heterocycles. The van der Waals surface area contributed by atoms with Gasteiger partial charge in [0.25, 0.3) is 15.9 Å². The van der Waals surface area contributed by atoms with Crippen molar-refractivity contribution in [2.45, 2.75) is 4.90 Å². The molecule has 4 rings (SSSR count). The van der Waals surface area contributed by atoms with Crippen molar-refractivity contribution in [1.82, 2.24) is 4.57 Å². The molecule has 168 valence electrons. The number of aryl methyl sites for hydroxylation is 1. The molecule has 0 aliphatic rings. The fourth-order valence-corrected chi connectivity index (χ4v) is 5.06. The molecule has 3 aromatic carbocycles. The molecule has 1 N–H and O–H groups in total. The quantitative estimate of drug-likeness (QED) is 0.350. The first-order valence-corrected chi connectivity index (χ1v) is 12.1. The van der Waals surface area contributed by atoms with Crippen LogP contribution < -0.4 is 4.31 Å². The summed E-state index contributed by atoms with van der Waals surface area (Å²) in [5.74, 6) is -0.931. The Hall–Kier alpha value is -3.50. The van der Waals surface area contributed by atoms with Crippen LogP contribution in [-0.2, 0) is 21.9 Å². The van der Waals surface area contributed by atoms with Crippen molar-refractivity contribution in [2.75, 3.05) is 10.8 Å². The summed E-state index contributed by atoms with van der Waals surface area (Å²) >= 11 is 3.33. The number of fused-ring (bicyclic) bond motifs is 1. The fraction of sp³-hybridized carbons (Fsp3) is 0.0870. The minimum Gasteiger partial charge on any atom is -0.493 e. The summed E-state index contributed by atoms with van der Waals surface area (Å²) in [6.07, 6.45) is 0. The van der Waals surface area contributed by atoms with E-state index in [0.717, 1.165) is 14.3 Å². The maximum atomic E-state index is 13.3. The number of halogens is 1. The molecule has 0 bridgehead atoms. The lowest BCUT2D eigenvalue weighted by atomic mass is 10.2. The third-order valence-electron chi connectivity index (χ3n) is 5.04. The smallest absolute Gasteiger partial charge is 0.285 e. The summed E-state index contributed by atoms with van der Waals surface area (Å²) in [6.45, 7) is -0.562. The summed E-state index contributed by atoms with van der Waals surface area (Å²) in [5.41, 5.74) is 1.17. The van der Waals surface area contributed by atoms with Gasteiger partial charge >= 0.3 is 0 Å². The van der Waals surface area contributed by atoms with Gasteiger partial charge < -0.3 is 9.67 Å². The number of amides is 1. The maximum absolute atomic E-state index is 13.3. The van der Waals surface area contributed by atoms with E-state index < -0.39 is 22.5 Å². The van der Waals surface area contributed by atoms with E-state index in [2.05, 4.69) is 26.2 Å². The highest BCUT2D eigenvalue weighted by molar-refractivity contribution is 9.10. The normalized spacial score (nSPS) is 11.8. The number of carbonyl (C=O) groups is 1. The highest BCUT2D eigenvalue weighted by Crippen LogP contribution is 2.37. The summed E-state index contributed by atoms with van der Waals surface area (Å²) in [6, 6.07) is 21.5. The number of aromatic hydroxyl groups is 1. The Kier molecular flexibility index (Phi) is 6.30. The van der Waals surface area contributed by atoms with E-state index in [0.29, 0.717) is 11.1 Å². The zero-order valence-electron chi connectivity index (χ0n) is 17.5. The number of carbonyl (C=O) groups excluding carboxylic acids is 1. The Bertz CT molecular complexity index is 1450. The standard InChI is InChI=1S/C23H19BrN4O4S/c1-27-20-10-6-5-9-19(20)22(23(27)30)26-25-21(29)15-28(17-13-11-16(24)12-14-17)33(31,32)18-7-3-2-4-8-18/h2-14,30H,15H2,1H3. The summed E-state index contributed by atoms with van der Waals surface area (Å²) < 4.78 is 29.9. The molecule has 0 fully saturated rings. The molecular weight excluding hydrogens is 508 g/mol. The molecule has 0 spiro atoms. The van der Waals surface area contributed by atoms with Crippen LogP contribution in [0.15, 0.2) is 98.5 Å². The van der Waals surface area contributed by atoms with Crippen LogP contribution in [0.25, 0.3) is 10.9 Å². The highest BCUT2D eigenvalue weighted by Gasteiger charge is 2.27. The number of anilines is 1. The molecule has 0 saturated carbocycles. The van der Waals surface area contributed by atoms with Gasteiger partial charge in [0.2, 0.25) is 5.88 Å². The second-order valence-electron chi connectivity index (χ2n) is 7.14. The van der Waals surface area contributed by atoms with Crippen LogP contribution in [0.4, 0.5) is 11.4 Å². The molecule has 0 radical (unpaired) electrons. The van der Waals surface area contributed by atoms with Gasteiger partial charge in [-0.2, -0.15) is 0 Å². The second kappa shape index (κ2) is 9.16. The summed E-state index contributed by atoms with van der Waals surface area (Å²) in [5, 5.41) is 18.7. The molecule has 0 unspecified atom stereocenters. The maximum Gasteiger partial charge on any atom is 0.285 e. The average molecular weight is 527 g/mol. The van der Waals surface area contributed by atoms with Crippen LogP contribution in [0, 0.1) is 0 Å². The van der Waals surface area contributed by atoms with Gasteiger partial charge in [0.1, 0.15) is 6.54 Å². The SMILES string of the molecule is Cn1c(O)c(N=NC(=O)CN(c2ccc(Br)cc2)S(=O)(=O)c2ccccc2)c2ccccc21. The van der Waals surface area contributed by atoms with E-state index in [1.165, 1.54) is 16.7 Å². The Labute approximate surface area is 199 Å². The van der Waals surface area contributed by atoms with E-state index in [1.54, 1.807) is 67.7 Å². The van der Waals surface area contributed by atoms with Gasteiger partial charge in [-0.15, -0.1) is 10.2 Å². The summed E-state index contributed by atoms with van der Waals surface area (Å²) in [7, 11) is -2.37. The van der Waals surface area contributed by atoms with Crippen molar-refractivity contribution in [3.05, 3.63) is 83.3 Å². The van der Waals surface area contributed by atoms with Crippen molar-refractivity contribution in [1.29, 1.82) is 0 Å². The van der Waals surface area contributed by atoms with Crippen molar-refractivity contribution >= 4 is 54.1 Å². The number of para-hydroxylation sites is 1. The van der Waals surface area contributed by atoms with E-state index in [4.69, 9.17) is 0 Å². The van der Waals surface area contributed by atoms with Crippen molar-refractivity contribution in [2.24, 2.45) is 17.3 Å². The summed E-state index contributed by atoms with van der Waals surface area (Å²) in [4.78, 5) is 12.8. The Balaban J connectivity index is 1.68. The monoisotopic (exact) mass is 526 g/mol. The molecule has 0 aliphatic heterocycles. The lowest BCUT2D eigenvalue weighted by molar-refractivity contribution is -0.116. The molecule has 0 atom stereocenters. The van der Waals surface area contributed by atoms with Crippen LogP contribution in [0.3, 0.4) is 0 Å². The largest absolute Gasteiger partial charge is 0.493 e. The van der Waals surface area contributed by atoms with Gasteiger partial charge in [0.05, 0.1) is 16.1 Å². The third kappa shape index (κ3) is 4.53. The van der Waals surface area contributed by atoms with Crippen LogP contribution in [0.1, 0.15) is 0 Å².